The number of likely N-dealkylation sites (tertiary alicyclic amines) is 1. The average molecular weight is 516 g/mol. The second-order valence-corrected chi connectivity index (χ2v) is 10.3. The van der Waals surface area contributed by atoms with Crippen molar-refractivity contribution in [2.75, 3.05) is 13.1 Å². The van der Waals surface area contributed by atoms with Crippen molar-refractivity contribution >= 4 is 29.3 Å². The van der Waals surface area contributed by atoms with E-state index in [1.165, 1.54) is 11.1 Å². The van der Waals surface area contributed by atoms with E-state index >= 15 is 0 Å². The number of imide groups is 1. The van der Waals surface area contributed by atoms with Crippen molar-refractivity contribution in [1.29, 1.82) is 0 Å². The summed E-state index contributed by atoms with van der Waals surface area (Å²) in [5.74, 6) is -0.134. The molecule has 0 radical (unpaired) electrons. The van der Waals surface area contributed by atoms with E-state index in [1.807, 2.05) is 36.4 Å². The van der Waals surface area contributed by atoms with Crippen molar-refractivity contribution < 1.29 is 19.1 Å². The summed E-state index contributed by atoms with van der Waals surface area (Å²) in [7, 11) is 0. The standard InChI is InChI=1S/C29H26ClN3O4/c30-22-6-4-19(5-7-22)20-3-1-2-18(12-20)14-32-16-24(17-32)37-23-8-9-25-21(13-23)15-33(29(25)36)26-10-11-27(34)31-28(26)35/h1-9,12-13,24,26H,10-11,14-17H2,(H,31,34,35). The van der Waals surface area contributed by atoms with Crippen molar-refractivity contribution in [2.24, 2.45) is 0 Å². The number of nitrogens with zero attached hydrogens (tertiary/aromatic N) is 2. The second kappa shape index (κ2) is 9.65. The van der Waals surface area contributed by atoms with Gasteiger partial charge >= 0.3 is 0 Å². The molecule has 37 heavy (non-hydrogen) atoms. The summed E-state index contributed by atoms with van der Waals surface area (Å²) < 4.78 is 6.19. The fourth-order valence-corrected chi connectivity index (χ4v) is 5.42. The molecule has 3 aromatic rings. The first-order chi connectivity index (χ1) is 17.9. The maximum atomic E-state index is 12.9. The van der Waals surface area contributed by atoms with E-state index in [0.29, 0.717) is 18.5 Å². The van der Waals surface area contributed by atoms with Crippen LogP contribution in [0.25, 0.3) is 11.1 Å². The molecule has 3 heterocycles. The van der Waals surface area contributed by atoms with Gasteiger partial charge in [0, 0.05) is 43.2 Å². The largest absolute Gasteiger partial charge is 0.488 e. The summed E-state index contributed by atoms with van der Waals surface area (Å²) in [6, 6.07) is 21.3. The number of amides is 3. The Hall–Kier alpha value is -3.68. The average Bonchev–Trinajstić information content (AvgIpc) is 3.18. The second-order valence-electron chi connectivity index (χ2n) is 9.86. The third kappa shape index (κ3) is 4.84. The molecule has 7 nitrogen and oxygen atoms in total. The van der Waals surface area contributed by atoms with Crippen LogP contribution in [-0.4, -0.2) is 52.8 Å². The van der Waals surface area contributed by atoms with E-state index in [2.05, 4.69) is 34.5 Å². The molecule has 0 aromatic heterocycles. The number of fused-ring (bicyclic) bond motifs is 1. The van der Waals surface area contributed by atoms with Crippen LogP contribution in [0.4, 0.5) is 0 Å². The maximum Gasteiger partial charge on any atom is 0.255 e. The van der Waals surface area contributed by atoms with Crippen molar-refractivity contribution in [2.45, 2.75) is 38.1 Å². The maximum absolute atomic E-state index is 12.9. The summed E-state index contributed by atoms with van der Waals surface area (Å²) in [6.07, 6.45) is 0.684. The van der Waals surface area contributed by atoms with Gasteiger partial charge in [0.1, 0.15) is 17.9 Å². The van der Waals surface area contributed by atoms with Crippen LogP contribution >= 0.6 is 11.6 Å². The lowest BCUT2D eigenvalue weighted by Gasteiger charge is -2.39. The summed E-state index contributed by atoms with van der Waals surface area (Å²) in [6.45, 7) is 2.84. The van der Waals surface area contributed by atoms with E-state index in [-0.39, 0.29) is 24.3 Å². The number of carbonyl (C=O) groups is 3. The molecule has 188 valence electrons. The number of halogens is 1. The molecule has 0 bridgehead atoms. The molecule has 3 aliphatic heterocycles. The quantitative estimate of drug-likeness (QED) is 0.501. The predicted octanol–water partition coefficient (Wildman–Crippen LogP) is 4.03. The molecule has 1 atom stereocenters. The van der Waals surface area contributed by atoms with Gasteiger partial charge in [-0.25, -0.2) is 0 Å². The topological polar surface area (TPSA) is 79.0 Å². The van der Waals surface area contributed by atoms with Crippen LogP contribution < -0.4 is 10.1 Å². The van der Waals surface area contributed by atoms with Crippen LogP contribution in [0.5, 0.6) is 5.75 Å². The van der Waals surface area contributed by atoms with Crippen molar-refractivity contribution in [3.05, 3.63) is 88.4 Å². The van der Waals surface area contributed by atoms with Crippen molar-refractivity contribution in [3.8, 4) is 16.9 Å². The minimum absolute atomic E-state index is 0.0841. The molecule has 6 rings (SSSR count). The Bertz CT molecular complexity index is 1380. The number of piperidine rings is 1. The zero-order valence-electron chi connectivity index (χ0n) is 20.2. The van der Waals surface area contributed by atoms with Crippen LogP contribution in [-0.2, 0) is 22.7 Å². The summed E-state index contributed by atoms with van der Waals surface area (Å²) in [5, 5.41) is 3.06. The number of rotatable bonds is 6. The van der Waals surface area contributed by atoms with Crippen LogP contribution in [0.2, 0.25) is 5.02 Å². The molecule has 2 fully saturated rings. The Kier molecular flexibility index (Phi) is 6.18. The number of hydrogen-bond donors (Lipinski definition) is 1. The van der Waals surface area contributed by atoms with Gasteiger partial charge in [-0.15, -0.1) is 0 Å². The highest BCUT2D eigenvalue weighted by molar-refractivity contribution is 6.30. The Balaban J connectivity index is 1.04. The van der Waals surface area contributed by atoms with Gasteiger partial charge in [0.2, 0.25) is 11.8 Å². The van der Waals surface area contributed by atoms with Crippen LogP contribution in [0.1, 0.15) is 34.3 Å². The molecule has 2 saturated heterocycles. The van der Waals surface area contributed by atoms with Crippen LogP contribution in [0, 0.1) is 0 Å². The summed E-state index contributed by atoms with van der Waals surface area (Å²) in [4.78, 5) is 40.5. The van der Waals surface area contributed by atoms with Crippen LogP contribution in [0.3, 0.4) is 0 Å². The van der Waals surface area contributed by atoms with E-state index in [4.69, 9.17) is 16.3 Å². The molecule has 0 aliphatic carbocycles. The number of benzene rings is 3. The molecule has 3 amide bonds. The van der Waals surface area contributed by atoms with Gasteiger partial charge in [-0.3, -0.25) is 24.6 Å². The van der Waals surface area contributed by atoms with E-state index in [0.717, 1.165) is 41.5 Å². The smallest absolute Gasteiger partial charge is 0.255 e. The van der Waals surface area contributed by atoms with Crippen molar-refractivity contribution in [1.82, 2.24) is 15.1 Å². The normalized spacial score (nSPS) is 20.0. The van der Waals surface area contributed by atoms with E-state index in [1.54, 1.807) is 11.0 Å². The highest BCUT2D eigenvalue weighted by Crippen LogP contribution is 2.31. The van der Waals surface area contributed by atoms with Gasteiger partial charge in [-0.05, 0) is 65.1 Å². The molecule has 3 aliphatic rings. The van der Waals surface area contributed by atoms with Crippen LogP contribution in [0.15, 0.2) is 66.7 Å². The molecule has 3 aromatic carbocycles. The van der Waals surface area contributed by atoms with Gasteiger partial charge in [-0.1, -0.05) is 41.9 Å². The molecular formula is C29H26ClN3O4. The Morgan fingerprint density at radius 1 is 0.946 bits per heavy atom. The third-order valence-corrected chi connectivity index (χ3v) is 7.48. The Morgan fingerprint density at radius 2 is 1.76 bits per heavy atom. The number of nitrogens with one attached hydrogen (secondary N) is 1. The Labute approximate surface area is 220 Å². The van der Waals surface area contributed by atoms with Crippen molar-refractivity contribution in [3.63, 3.8) is 0 Å². The first kappa shape index (κ1) is 23.7. The number of carbonyl (C=O) groups excluding carboxylic acids is 3. The van der Waals surface area contributed by atoms with E-state index < -0.39 is 11.9 Å². The summed E-state index contributed by atoms with van der Waals surface area (Å²) >= 11 is 6.02. The highest BCUT2D eigenvalue weighted by atomic mass is 35.5. The lowest BCUT2D eigenvalue weighted by Crippen LogP contribution is -2.53. The SMILES string of the molecule is O=C1CCC(N2Cc3cc(OC4CN(Cc5cccc(-c6ccc(Cl)cc6)c5)C4)ccc3C2=O)C(=O)N1. The van der Waals surface area contributed by atoms with E-state index in [9.17, 15) is 14.4 Å². The molecule has 1 unspecified atom stereocenters. The van der Waals surface area contributed by atoms with Gasteiger partial charge < -0.3 is 9.64 Å². The fourth-order valence-electron chi connectivity index (χ4n) is 5.29. The van der Waals surface area contributed by atoms with Gasteiger partial charge in [0.15, 0.2) is 0 Å². The minimum atomic E-state index is -0.611. The number of ether oxygens (including phenoxy) is 1. The first-order valence-corrected chi connectivity index (χ1v) is 12.8. The number of hydrogen-bond acceptors (Lipinski definition) is 5. The monoisotopic (exact) mass is 515 g/mol. The molecule has 1 N–H and O–H groups in total. The minimum Gasteiger partial charge on any atom is -0.488 e. The molecule has 8 heteroatoms. The van der Waals surface area contributed by atoms with Gasteiger partial charge in [-0.2, -0.15) is 0 Å². The summed E-state index contributed by atoms with van der Waals surface area (Å²) in [5.41, 5.74) is 4.99. The zero-order valence-corrected chi connectivity index (χ0v) is 20.9. The third-order valence-electron chi connectivity index (χ3n) is 7.23. The molecule has 0 saturated carbocycles. The Morgan fingerprint density at radius 3 is 2.54 bits per heavy atom. The lowest BCUT2D eigenvalue weighted by atomic mass is 10.0. The lowest BCUT2D eigenvalue weighted by molar-refractivity contribution is -0.136. The highest BCUT2D eigenvalue weighted by Gasteiger charge is 2.39. The molecule has 0 spiro atoms. The first-order valence-electron chi connectivity index (χ1n) is 12.4. The van der Waals surface area contributed by atoms with Gasteiger partial charge in [0.25, 0.3) is 5.91 Å². The fraction of sp³-hybridized carbons (Fsp3) is 0.276. The molecular weight excluding hydrogens is 490 g/mol. The predicted molar refractivity (Wildman–Crippen MR) is 139 cm³/mol. The van der Waals surface area contributed by atoms with Gasteiger partial charge in [0.05, 0.1) is 0 Å². The zero-order chi connectivity index (χ0) is 25.5.